The molecule has 1 saturated carbocycles. The number of halogens is 2. The Labute approximate surface area is 216 Å². The summed E-state index contributed by atoms with van der Waals surface area (Å²) in [5.41, 5.74) is 2.39. The summed E-state index contributed by atoms with van der Waals surface area (Å²) in [4.78, 5) is 15.0. The molecule has 5 heterocycles. The molecule has 0 spiro atoms. The molecule has 0 aromatic carbocycles. The van der Waals surface area contributed by atoms with Gasteiger partial charge in [-0.15, -0.1) is 5.10 Å². The van der Waals surface area contributed by atoms with Crippen LogP contribution in [0.2, 0.25) is 0 Å². The van der Waals surface area contributed by atoms with Crippen LogP contribution in [0, 0.1) is 5.92 Å². The molecule has 1 aliphatic carbocycles. The SMILES string of the molecule is CC(N1C=CC(N2CCC[C@@H](NCC3CC3)C2)=CC1)n1cc(-c2cncc(N3CCC(F)(F)C3)n2)nn1. The third kappa shape index (κ3) is 5.61. The lowest BCUT2D eigenvalue weighted by molar-refractivity contribution is 0.0256. The van der Waals surface area contributed by atoms with Gasteiger partial charge in [0, 0.05) is 50.5 Å². The van der Waals surface area contributed by atoms with Gasteiger partial charge in [-0.3, -0.25) is 4.98 Å². The van der Waals surface area contributed by atoms with E-state index < -0.39 is 5.92 Å². The minimum Gasteiger partial charge on any atom is -0.370 e. The fraction of sp³-hybridized carbons (Fsp3) is 0.615. The number of likely N-dealkylation sites (tertiary alicyclic amines) is 1. The molecule has 37 heavy (non-hydrogen) atoms. The molecule has 2 aromatic rings. The van der Waals surface area contributed by atoms with E-state index in [0.29, 0.717) is 23.2 Å². The van der Waals surface area contributed by atoms with Crippen molar-refractivity contribution in [2.45, 2.75) is 57.2 Å². The Morgan fingerprint density at radius 3 is 2.78 bits per heavy atom. The van der Waals surface area contributed by atoms with Crippen LogP contribution < -0.4 is 10.2 Å². The van der Waals surface area contributed by atoms with E-state index in [1.807, 2.05) is 6.20 Å². The van der Waals surface area contributed by atoms with Crippen LogP contribution in [-0.4, -0.2) is 86.0 Å². The van der Waals surface area contributed by atoms with Crippen molar-refractivity contribution < 1.29 is 8.78 Å². The Morgan fingerprint density at radius 2 is 2.03 bits per heavy atom. The summed E-state index contributed by atoms with van der Waals surface area (Å²) in [6, 6.07) is 0.581. The van der Waals surface area contributed by atoms with Crippen LogP contribution in [0.1, 0.15) is 45.2 Å². The van der Waals surface area contributed by atoms with Crippen LogP contribution >= 0.6 is 0 Å². The first kappa shape index (κ1) is 24.3. The van der Waals surface area contributed by atoms with Gasteiger partial charge in [-0.2, -0.15) is 0 Å². The monoisotopic (exact) mass is 511 g/mol. The van der Waals surface area contributed by atoms with Crippen molar-refractivity contribution in [3.8, 4) is 11.4 Å². The molecule has 0 radical (unpaired) electrons. The molecule has 6 rings (SSSR count). The van der Waals surface area contributed by atoms with Gasteiger partial charge >= 0.3 is 0 Å². The topological polar surface area (TPSA) is 78.2 Å². The summed E-state index contributed by atoms with van der Waals surface area (Å²) in [6.45, 7) is 6.14. The zero-order chi connectivity index (χ0) is 25.4. The number of hydrogen-bond donors (Lipinski definition) is 1. The Bertz CT molecular complexity index is 1160. The van der Waals surface area contributed by atoms with E-state index in [-0.39, 0.29) is 25.7 Å². The first-order chi connectivity index (χ1) is 17.9. The van der Waals surface area contributed by atoms with Gasteiger partial charge in [0.1, 0.15) is 23.4 Å². The van der Waals surface area contributed by atoms with E-state index >= 15 is 0 Å². The third-order valence-electron chi connectivity index (χ3n) is 7.88. The van der Waals surface area contributed by atoms with Gasteiger partial charge in [0.15, 0.2) is 0 Å². The highest BCUT2D eigenvalue weighted by molar-refractivity contribution is 5.54. The Kier molecular flexibility index (Phi) is 6.56. The second-order valence-electron chi connectivity index (χ2n) is 10.8. The van der Waals surface area contributed by atoms with Crippen LogP contribution in [0.15, 0.2) is 42.6 Å². The lowest BCUT2D eigenvalue weighted by Gasteiger charge is -2.38. The van der Waals surface area contributed by atoms with Gasteiger partial charge in [-0.1, -0.05) is 5.21 Å². The van der Waals surface area contributed by atoms with E-state index in [1.165, 1.54) is 44.1 Å². The normalized spacial score (nSPS) is 24.5. The van der Waals surface area contributed by atoms with Crippen LogP contribution in [0.4, 0.5) is 14.6 Å². The van der Waals surface area contributed by atoms with Gasteiger partial charge in [-0.05, 0) is 57.2 Å². The molecule has 0 bridgehead atoms. The molecule has 2 atom stereocenters. The first-order valence-corrected chi connectivity index (χ1v) is 13.4. The molecule has 2 saturated heterocycles. The third-order valence-corrected chi connectivity index (χ3v) is 7.88. The Balaban J connectivity index is 1.06. The Hall–Kier alpha value is -3.08. The Morgan fingerprint density at radius 1 is 1.14 bits per heavy atom. The summed E-state index contributed by atoms with van der Waals surface area (Å²) in [6.07, 6.45) is 16.6. The van der Waals surface area contributed by atoms with E-state index in [9.17, 15) is 8.78 Å². The molecule has 4 aliphatic rings. The van der Waals surface area contributed by atoms with Gasteiger partial charge in [0.25, 0.3) is 5.92 Å². The highest BCUT2D eigenvalue weighted by Gasteiger charge is 2.39. The molecular weight excluding hydrogens is 476 g/mol. The maximum Gasteiger partial charge on any atom is 0.266 e. The number of hydrogen-bond acceptors (Lipinski definition) is 8. The number of allylic oxidation sites excluding steroid dienone is 1. The molecule has 0 amide bonds. The molecule has 3 fully saturated rings. The van der Waals surface area contributed by atoms with Crippen molar-refractivity contribution in [3.05, 3.63) is 42.6 Å². The fourth-order valence-electron chi connectivity index (χ4n) is 5.34. The zero-order valence-corrected chi connectivity index (χ0v) is 21.3. The standard InChI is InChI=1S/C26H35F2N9/c1-19(34-10-6-22(7-11-34)35-9-2-3-21(16-35)30-13-20-4-5-20)37-17-24(32-33-37)23-14-29-15-25(31-23)36-12-8-26(27,28)18-36/h6-7,10,14-15,17,19-21,30H,2-5,8-9,11-13,16,18H2,1H3/t19?,21-/m1/s1. The van der Waals surface area contributed by atoms with Gasteiger partial charge in [0.2, 0.25) is 0 Å². The van der Waals surface area contributed by atoms with Gasteiger partial charge in [-0.25, -0.2) is 18.4 Å². The van der Waals surface area contributed by atoms with Crippen LogP contribution in [0.3, 0.4) is 0 Å². The average molecular weight is 512 g/mol. The number of anilines is 1. The maximum atomic E-state index is 13.6. The van der Waals surface area contributed by atoms with Crippen molar-refractivity contribution in [2.24, 2.45) is 5.92 Å². The first-order valence-electron chi connectivity index (χ1n) is 13.4. The molecule has 1 N–H and O–H groups in total. The van der Waals surface area contributed by atoms with Crippen molar-refractivity contribution in [1.29, 1.82) is 0 Å². The van der Waals surface area contributed by atoms with E-state index in [4.69, 9.17) is 0 Å². The van der Waals surface area contributed by atoms with Crippen molar-refractivity contribution in [2.75, 3.05) is 44.2 Å². The minimum atomic E-state index is -2.69. The van der Waals surface area contributed by atoms with Crippen LogP contribution in [0.5, 0.6) is 0 Å². The number of aromatic nitrogens is 5. The van der Waals surface area contributed by atoms with Crippen LogP contribution in [-0.2, 0) is 0 Å². The second-order valence-corrected chi connectivity index (χ2v) is 10.8. The predicted octanol–water partition coefficient (Wildman–Crippen LogP) is 3.28. The summed E-state index contributed by atoms with van der Waals surface area (Å²) in [5, 5.41) is 12.4. The molecular formula is C26H35F2N9. The number of nitrogens with one attached hydrogen (secondary N) is 1. The minimum absolute atomic E-state index is 0.0435. The summed E-state index contributed by atoms with van der Waals surface area (Å²) < 4.78 is 29.1. The quantitative estimate of drug-likeness (QED) is 0.579. The predicted molar refractivity (Wildman–Crippen MR) is 137 cm³/mol. The molecule has 198 valence electrons. The summed E-state index contributed by atoms with van der Waals surface area (Å²) in [7, 11) is 0. The van der Waals surface area contributed by atoms with Crippen molar-refractivity contribution >= 4 is 5.82 Å². The molecule has 9 nitrogen and oxygen atoms in total. The summed E-state index contributed by atoms with van der Waals surface area (Å²) >= 11 is 0. The molecule has 1 unspecified atom stereocenters. The number of nitrogens with zero attached hydrogens (tertiary/aromatic N) is 8. The molecule has 2 aromatic heterocycles. The van der Waals surface area contributed by atoms with E-state index in [1.54, 1.807) is 15.8 Å². The molecule has 11 heteroatoms. The zero-order valence-electron chi connectivity index (χ0n) is 21.3. The average Bonchev–Trinajstić information content (AvgIpc) is 3.49. The number of alkyl halides is 2. The lowest BCUT2D eigenvalue weighted by atomic mass is 10.0. The van der Waals surface area contributed by atoms with Crippen LogP contribution in [0.25, 0.3) is 11.4 Å². The smallest absolute Gasteiger partial charge is 0.266 e. The number of rotatable bonds is 8. The molecule has 3 aliphatic heterocycles. The maximum absolute atomic E-state index is 13.6. The summed E-state index contributed by atoms with van der Waals surface area (Å²) in [5.74, 6) is -1.34. The number of piperidine rings is 1. The lowest BCUT2D eigenvalue weighted by Crippen LogP contribution is -2.46. The second kappa shape index (κ2) is 10.00. The largest absolute Gasteiger partial charge is 0.370 e. The van der Waals surface area contributed by atoms with Gasteiger partial charge < -0.3 is 20.0 Å². The fourth-order valence-corrected chi connectivity index (χ4v) is 5.34. The van der Waals surface area contributed by atoms with E-state index in [2.05, 4.69) is 60.7 Å². The highest BCUT2D eigenvalue weighted by atomic mass is 19.3. The van der Waals surface area contributed by atoms with E-state index in [0.717, 1.165) is 25.6 Å². The van der Waals surface area contributed by atoms with Gasteiger partial charge in [0.05, 0.1) is 25.1 Å². The van der Waals surface area contributed by atoms with Crippen molar-refractivity contribution in [1.82, 2.24) is 40.1 Å². The van der Waals surface area contributed by atoms with Crippen molar-refractivity contribution in [3.63, 3.8) is 0 Å². The highest BCUT2D eigenvalue weighted by Crippen LogP contribution is 2.31.